The Balaban J connectivity index is 1.16. The van der Waals surface area contributed by atoms with E-state index < -0.39 is 0 Å². The molecule has 9 aromatic carbocycles. The fraction of sp³-hybridized carbons (Fsp3) is 0.225. The smallest absolute Gasteiger partial charge is 0.252 e. The summed E-state index contributed by atoms with van der Waals surface area (Å²) in [4.78, 5) is 10.5. The van der Waals surface area contributed by atoms with Crippen LogP contribution in [0.4, 0.5) is 34.1 Å². The number of oxazole rings is 1. The lowest BCUT2D eigenvalue weighted by Gasteiger charge is -2.46. The molecule has 0 spiro atoms. The van der Waals surface area contributed by atoms with Gasteiger partial charge >= 0.3 is 0 Å². The van der Waals surface area contributed by atoms with Gasteiger partial charge in [0, 0.05) is 51.2 Å². The SMILES string of the molecule is CC(C)(C)c1ccc(-c2ccc(-c3nc4cc5c(cc4o3)N(c3c(-c4ccccc4)cccc3-c3ccccc3)c3cc(C(C)(C)C)cc4c3B5c3cc(C(C)(C)C)ccc3N4c3ccc(C(C)(C)C)cc3)cc2)cc1. The van der Waals surface area contributed by atoms with Crippen molar-refractivity contribution < 1.29 is 4.42 Å². The van der Waals surface area contributed by atoms with E-state index >= 15 is 0 Å². The van der Waals surface area contributed by atoms with E-state index in [2.05, 4.69) is 287 Å². The van der Waals surface area contributed by atoms with Crippen LogP contribution in [0.15, 0.2) is 199 Å². The first kappa shape index (κ1) is 49.0. The Morgan fingerprint density at radius 2 is 0.842 bits per heavy atom. The van der Waals surface area contributed by atoms with Crippen molar-refractivity contribution in [3.63, 3.8) is 0 Å². The van der Waals surface area contributed by atoms with Crippen LogP contribution in [-0.2, 0) is 21.7 Å². The second kappa shape index (κ2) is 17.9. The minimum absolute atomic E-state index is 0.0118. The van der Waals surface area contributed by atoms with Gasteiger partial charge in [0.25, 0.3) is 6.71 Å². The van der Waals surface area contributed by atoms with Crippen molar-refractivity contribution in [1.29, 1.82) is 0 Å². The van der Waals surface area contributed by atoms with Crippen molar-refractivity contribution in [3.05, 3.63) is 216 Å². The van der Waals surface area contributed by atoms with Crippen LogP contribution < -0.4 is 26.2 Å². The molecule has 0 N–H and O–H groups in total. The molecule has 4 nitrogen and oxygen atoms in total. The molecule has 12 rings (SSSR count). The molecule has 0 saturated heterocycles. The van der Waals surface area contributed by atoms with Crippen LogP contribution in [0.25, 0.3) is 55.9 Å². The molecule has 376 valence electrons. The van der Waals surface area contributed by atoms with Gasteiger partial charge in [0.2, 0.25) is 5.89 Å². The fourth-order valence-electron chi connectivity index (χ4n) is 11.5. The van der Waals surface area contributed by atoms with Crippen LogP contribution in [-0.4, -0.2) is 11.7 Å². The van der Waals surface area contributed by atoms with Crippen molar-refractivity contribution >= 4 is 68.3 Å². The first-order valence-corrected chi connectivity index (χ1v) is 27.1. The topological polar surface area (TPSA) is 32.5 Å². The van der Waals surface area contributed by atoms with Crippen molar-refractivity contribution in [2.45, 2.75) is 105 Å². The summed E-state index contributed by atoms with van der Waals surface area (Å²) in [6.45, 7) is 27.5. The maximum absolute atomic E-state index is 7.00. The number of aromatic nitrogens is 1. The summed E-state index contributed by atoms with van der Waals surface area (Å²) in [6, 6.07) is 72.4. The number of nitrogens with zero attached hydrogens (tertiary/aromatic N) is 3. The van der Waals surface area contributed by atoms with Crippen LogP contribution in [0.3, 0.4) is 0 Å². The van der Waals surface area contributed by atoms with E-state index in [-0.39, 0.29) is 28.4 Å². The Morgan fingerprint density at radius 3 is 1.38 bits per heavy atom. The number of anilines is 6. The van der Waals surface area contributed by atoms with E-state index in [1.165, 1.54) is 55.6 Å². The van der Waals surface area contributed by atoms with Gasteiger partial charge < -0.3 is 14.2 Å². The highest BCUT2D eigenvalue weighted by molar-refractivity contribution is 7.00. The number of hydrogen-bond donors (Lipinski definition) is 0. The third-order valence-electron chi connectivity index (χ3n) is 15.9. The Hall–Kier alpha value is -7.89. The van der Waals surface area contributed by atoms with E-state index in [1.54, 1.807) is 0 Å². The number of para-hydroxylation sites is 1. The molecule has 1 aromatic heterocycles. The Bertz CT molecular complexity index is 3770. The molecule has 0 bridgehead atoms. The normalized spacial score (nSPS) is 13.4. The highest BCUT2D eigenvalue weighted by Gasteiger charge is 2.46. The van der Waals surface area contributed by atoms with E-state index in [4.69, 9.17) is 9.40 Å². The quantitative estimate of drug-likeness (QED) is 0.155. The molecule has 76 heavy (non-hydrogen) atoms. The van der Waals surface area contributed by atoms with Crippen LogP contribution in [0, 0.1) is 0 Å². The Labute approximate surface area is 451 Å². The van der Waals surface area contributed by atoms with Crippen LogP contribution in [0.2, 0.25) is 0 Å². The first-order chi connectivity index (χ1) is 36.2. The van der Waals surface area contributed by atoms with E-state index in [9.17, 15) is 0 Å². The van der Waals surface area contributed by atoms with Crippen molar-refractivity contribution in [1.82, 2.24) is 4.98 Å². The molecule has 0 saturated carbocycles. The lowest BCUT2D eigenvalue weighted by molar-refractivity contribution is 0.589. The fourth-order valence-corrected chi connectivity index (χ4v) is 11.5. The molecule has 2 aliphatic rings. The summed E-state index contributed by atoms with van der Waals surface area (Å²) >= 11 is 0. The number of benzene rings is 9. The highest BCUT2D eigenvalue weighted by Crippen LogP contribution is 2.52. The maximum atomic E-state index is 7.00. The van der Waals surface area contributed by atoms with Crippen molar-refractivity contribution in [3.8, 4) is 44.8 Å². The largest absolute Gasteiger partial charge is 0.436 e. The molecule has 0 radical (unpaired) electrons. The van der Waals surface area contributed by atoms with Crippen molar-refractivity contribution in [2.24, 2.45) is 0 Å². The number of rotatable bonds is 6. The maximum Gasteiger partial charge on any atom is 0.252 e. The monoisotopic (exact) mass is 990 g/mol. The molecular weight excluding hydrogens is 922 g/mol. The van der Waals surface area contributed by atoms with E-state index in [0.717, 1.165) is 67.2 Å². The molecular formula is C71H68BN3O. The Morgan fingerprint density at radius 1 is 0.368 bits per heavy atom. The zero-order valence-corrected chi connectivity index (χ0v) is 46.3. The minimum atomic E-state index is -0.193. The standard InChI is InChI=1S/C71H68BN3O/c1-68(2,3)50-32-30-46(31-33-50)45-26-28-49(29-27-45)67-73-59-43-58-61(44-64(59)76-67)75(66-55(47-20-15-13-16-21-47)24-19-25-56(66)48-22-17-14-18-23-48)63-42-53(71(10,11)12)41-62-65(63)72(58)57-40-52(70(7,8)9)36-39-60(57)74(62)54-37-34-51(35-38-54)69(4,5)6/h13-44H,1-12H3. The molecule has 10 aromatic rings. The van der Waals surface area contributed by atoms with E-state index in [0.29, 0.717) is 5.89 Å². The van der Waals surface area contributed by atoms with Crippen LogP contribution in [0.1, 0.15) is 105 Å². The lowest BCUT2D eigenvalue weighted by atomic mass is 9.33. The summed E-state index contributed by atoms with van der Waals surface area (Å²) in [5.74, 6) is 0.602. The third-order valence-corrected chi connectivity index (χ3v) is 15.9. The molecule has 0 amide bonds. The summed E-state index contributed by atoms with van der Waals surface area (Å²) in [5, 5.41) is 0. The third kappa shape index (κ3) is 8.55. The van der Waals surface area contributed by atoms with Gasteiger partial charge in [-0.3, -0.25) is 0 Å². The predicted molar refractivity (Wildman–Crippen MR) is 325 cm³/mol. The van der Waals surface area contributed by atoms with Crippen LogP contribution >= 0.6 is 0 Å². The Kier molecular flexibility index (Phi) is 11.5. The average molecular weight is 990 g/mol. The second-order valence-corrected chi connectivity index (χ2v) is 25.3. The number of fused-ring (bicyclic) bond motifs is 5. The van der Waals surface area contributed by atoms with Gasteiger partial charge in [0.15, 0.2) is 5.58 Å². The molecule has 3 heterocycles. The van der Waals surface area contributed by atoms with Gasteiger partial charge in [-0.1, -0.05) is 223 Å². The van der Waals surface area contributed by atoms with E-state index in [1.807, 2.05) is 0 Å². The highest BCUT2D eigenvalue weighted by atomic mass is 16.3. The molecule has 2 aliphatic heterocycles. The second-order valence-electron chi connectivity index (χ2n) is 25.3. The lowest BCUT2D eigenvalue weighted by Crippen LogP contribution is -2.61. The molecule has 0 atom stereocenters. The van der Waals surface area contributed by atoms with Crippen molar-refractivity contribution in [2.75, 3.05) is 9.80 Å². The molecule has 0 aliphatic carbocycles. The van der Waals surface area contributed by atoms with Gasteiger partial charge in [-0.05, 0) is 131 Å². The molecule has 5 heteroatoms. The predicted octanol–water partition coefficient (Wildman–Crippen LogP) is 17.8. The van der Waals surface area contributed by atoms with Gasteiger partial charge in [-0.25, -0.2) is 4.98 Å². The van der Waals surface area contributed by atoms with Crippen LogP contribution in [0.5, 0.6) is 0 Å². The summed E-state index contributed by atoms with van der Waals surface area (Å²) < 4.78 is 7.00. The average Bonchev–Trinajstić information content (AvgIpc) is 3.91. The minimum Gasteiger partial charge on any atom is -0.436 e. The van der Waals surface area contributed by atoms with Gasteiger partial charge in [-0.15, -0.1) is 0 Å². The zero-order valence-electron chi connectivity index (χ0n) is 46.3. The summed E-state index contributed by atoms with van der Waals surface area (Å²) in [6.07, 6.45) is 0. The summed E-state index contributed by atoms with van der Waals surface area (Å²) in [7, 11) is 0. The summed E-state index contributed by atoms with van der Waals surface area (Å²) in [5.41, 5.74) is 25.1. The van der Waals surface area contributed by atoms with Gasteiger partial charge in [0.1, 0.15) is 5.52 Å². The molecule has 0 fully saturated rings. The van der Waals surface area contributed by atoms with Gasteiger partial charge in [-0.2, -0.15) is 0 Å². The van der Waals surface area contributed by atoms with Gasteiger partial charge in [0.05, 0.1) is 5.69 Å². The molecule has 0 unspecified atom stereocenters. The number of hydrogen-bond acceptors (Lipinski definition) is 4. The first-order valence-electron chi connectivity index (χ1n) is 27.1. The zero-order chi connectivity index (χ0) is 53.1.